The molecule has 0 saturated carbocycles. The lowest BCUT2D eigenvalue weighted by atomic mass is 10.2. The number of H-pyrrole nitrogens is 1. The number of nitrogens with zero attached hydrogens (tertiary/aromatic N) is 6. The Balaban J connectivity index is 1.66. The van der Waals surface area contributed by atoms with E-state index < -0.39 is 0 Å². The lowest BCUT2D eigenvalue weighted by Gasteiger charge is -2.09. The number of nitrogen functional groups attached to an aromatic ring is 1. The average molecular weight is 324 g/mol. The minimum atomic E-state index is 0.189. The van der Waals surface area contributed by atoms with Crippen LogP contribution in [0, 0.1) is 0 Å². The first-order valence-corrected chi connectivity index (χ1v) is 7.84. The van der Waals surface area contributed by atoms with Gasteiger partial charge < -0.3 is 5.73 Å². The number of rotatable bonds is 4. The third-order valence-corrected chi connectivity index (χ3v) is 4.29. The Kier molecular flexibility index (Phi) is 3.39. The van der Waals surface area contributed by atoms with E-state index >= 15 is 0 Å². The Bertz CT molecular complexity index is 946. The largest absolute Gasteiger partial charge is 0.368 e. The van der Waals surface area contributed by atoms with Crippen molar-refractivity contribution >= 4 is 28.9 Å². The number of aromatic nitrogens is 7. The van der Waals surface area contributed by atoms with E-state index in [1.807, 2.05) is 35.1 Å². The minimum absolute atomic E-state index is 0.189. The van der Waals surface area contributed by atoms with Crippen molar-refractivity contribution < 1.29 is 0 Å². The van der Waals surface area contributed by atoms with Gasteiger partial charge in [0.05, 0.1) is 5.69 Å². The van der Waals surface area contributed by atoms with E-state index in [1.165, 1.54) is 11.8 Å². The van der Waals surface area contributed by atoms with Crippen LogP contribution in [0.5, 0.6) is 0 Å². The molecule has 0 radical (unpaired) electrons. The first-order valence-electron chi connectivity index (χ1n) is 6.86. The zero-order valence-corrected chi connectivity index (χ0v) is 12.7. The van der Waals surface area contributed by atoms with Gasteiger partial charge in [0.25, 0.3) is 0 Å². The van der Waals surface area contributed by atoms with Crippen LogP contribution in [0.1, 0.15) is 5.56 Å². The fraction of sp³-hybridized carbons (Fsp3) is 0.0714. The third-order valence-electron chi connectivity index (χ3n) is 3.28. The van der Waals surface area contributed by atoms with Gasteiger partial charge in [-0.2, -0.15) is 20.4 Å². The number of nitrogens with two attached hydrogens (primary N) is 1. The van der Waals surface area contributed by atoms with Crippen molar-refractivity contribution in [1.29, 1.82) is 0 Å². The number of benzene rings is 1. The maximum absolute atomic E-state index is 5.73. The van der Waals surface area contributed by atoms with Crippen LogP contribution in [0.25, 0.3) is 16.9 Å². The molecule has 0 aliphatic heterocycles. The van der Waals surface area contributed by atoms with Crippen LogP contribution in [0.3, 0.4) is 0 Å². The monoisotopic (exact) mass is 324 g/mol. The molecule has 0 unspecified atom stereocenters. The van der Waals surface area contributed by atoms with E-state index in [0.717, 1.165) is 11.3 Å². The molecular weight excluding hydrogens is 312 g/mol. The molecule has 8 nitrogen and oxygen atoms in total. The molecule has 4 rings (SSSR count). The summed E-state index contributed by atoms with van der Waals surface area (Å²) in [5, 5.41) is 15.6. The zero-order valence-electron chi connectivity index (χ0n) is 11.9. The topological polar surface area (TPSA) is 111 Å². The molecule has 0 aliphatic carbocycles. The predicted octanol–water partition coefficient (Wildman–Crippen LogP) is 1.81. The molecule has 9 heteroatoms. The van der Waals surface area contributed by atoms with E-state index in [-0.39, 0.29) is 5.95 Å². The molecular formula is C14H12N8S. The van der Waals surface area contributed by atoms with Gasteiger partial charge in [-0.1, -0.05) is 30.0 Å². The Labute approximate surface area is 135 Å². The van der Waals surface area contributed by atoms with Crippen molar-refractivity contribution in [1.82, 2.24) is 35.2 Å². The van der Waals surface area contributed by atoms with Gasteiger partial charge in [-0.25, -0.2) is 9.67 Å². The molecule has 114 valence electrons. The second-order valence-electron chi connectivity index (χ2n) is 4.75. The van der Waals surface area contributed by atoms with Crippen LogP contribution in [0.2, 0.25) is 0 Å². The lowest BCUT2D eigenvalue weighted by Crippen LogP contribution is -2.00. The van der Waals surface area contributed by atoms with Crippen molar-refractivity contribution in [3.63, 3.8) is 0 Å². The van der Waals surface area contributed by atoms with Crippen molar-refractivity contribution in [3.8, 4) is 5.69 Å². The normalized spacial score (nSPS) is 11.1. The van der Waals surface area contributed by atoms with Gasteiger partial charge in [0, 0.05) is 18.1 Å². The Hall–Kier alpha value is -2.94. The molecule has 0 atom stereocenters. The molecule has 0 saturated heterocycles. The predicted molar refractivity (Wildman–Crippen MR) is 87.0 cm³/mol. The second kappa shape index (κ2) is 5.69. The summed E-state index contributed by atoms with van der Waals surface area (Å²) in [4.78, 5) is 8.31. The van der Waals surface area contributed by atoms with E-state index in [2.05, 4.69) is 36.5 Å². The van der Waals surface area contributed by atoms with Crippen molar-refractivity contribution in [2.45, 2.75) is 10.8 Å². The summed E-state index contributed by atoms with van der Waals surface area (Å²) in [5.41, 5.74) is 8.99. The van der Waals surface area contributed by atoms with Gasteiger partial charge in [0.1, 0.15) is 5.03 Å². The fourth-order valence-electron chi connectivity index (χ4n) is 2.25. The number of hydrogen-bond acceptors (Lipinski definition) is 7. The van der Waals surface area contributed by atoms with Gasteiger partial charge in [-0.05, 0) is 17.7 Å². The highest BCUT2D eigenvalue weighted by atomic mass is 32.2. The van der Waals surface area contributed by atoms with Crippen LogP contribution in [0.15, 0.2) is 47.8 Å². The maximum Gasteiger partial charge on any atom is 0.223 e. The Morgan fingerprint density at radius 1 is 1.13 bits per heavy atom. The molecule has 0 fully saturated rings. The molecule has 3 heterocycles. The molecule has 0 spiro atoms. The maximum atomic E-state index is 5.73. The van der Waals surface area contributed by atoms with Gasteiger partial charge in [0.15, 0.2) is 5.52 Å². The van der Waals surface area contributed by atoms with Gasteiger partial charge >= 0.3 is 0 Å². The summed E-state index contributed by atoms with van der Waals surface area (Å²) in [5.74, 6) is 0.892. The first-order chi connectivity index (χ1) is 11.3. The number of hydrogen-bond donors (Lipinski definition) is 2. The number of para-hydroxylation sites is 1. The molecule has 0 amide bonds. The van der Waals surface area contributed by atoms with E-state index in [9.17, 15) is 0 Å². The number of nitrogens with one attached hydrogen (secondary N) is 1. The highest BCUT2D eigenvalue weighted by Crippen LogP contribution is 2.28. The number of aromatic amines is 1. The summed E-state index contributed by atoms with van der Waals surface area (Å²) in [6.45, 7) is 0. The minimum Gasteiger partial charge on any atom is -0.368 e. The smallest absolute Gasteiger partial charge is 0.223 e. The van der Waals surface area contributed by atoms with Crippen molar-refractivity contribution in [2.75, 3.05) is 5.73 Å². The first kappa shape index (κ1) is 13.7. The highest BCUT2D eigenvalue weighted by molar-refractivity contribution is 7.98. The van der Waals surface area contributed by atoms with E-state index in [1.54, 1.807) is 6.20 Å². The van der Waals surface area contributed by atoms with Gasteiger partial charge in [-0.3, -0.25) is 0 Å². The third kappa shape index (κ3) is 2.61. The lowest BCUT2D eigenvalue weighted by molar-refractivity contribution is 0.871. The molecule has 0 aliphatic rings. The summed E-state index contributed by atoms with van der Waals surface area (Å²) in [6.07, 6.45) is 3.68. The average Bonchev–Trinajstić information content (AvgIpc) is 3.24. The summed E-state index contributed by atoms with van der Waals surface area (Å²) < 4.78 is 1.84. The van der Waals surface area contributed by atoms with Gasteiger partial charge in [0.2, 0.25) is 11.6 Å². The van der Waals surface area contributed by atoms with Gasteiger partial charge in [-0.15, -0.1) is 5.10 Å². The van der Waals surface area contributed by atoms with E-state index in [4.69, 9.17) is 5.73 Å². The standard InChI is InChI=1S/C14H12N8S/c15-14-17-12-11(19-21-20-12)13(18-14)23-8-9-4-1-2-5-10(9)22-7-3-6-16-22/h1-7H,8H2,(H3,15,17,18,19,20,21). The molecule has 4 aromatic rings. The molecule has 3 N–H and O–H groups in total. The van der Waals surface area contributed by atoms with Crippen LogP contribution < -0.4 is 5.73 Å². The Morgan fingerprint density at radius 3 is 2.91 bits per heavy atom. The van der Waals surface area contributed by atoms with Crippen LogP contribution >= 0.6 is 11.8 Å². The molecule has 23 heavy (non-hydrogen) atoms. The van der Waals surface area contributed by atoms with Crippen LogP contribution in [0.4, 0.5) is 5.95 Å². The molecule has 3 aromatic heterocycles. The summed E-state index contributed by atoms with van der Waals surface area (Å²) in [7, 11) is 0. The second-order valence-corrected chi connectivity index (χ2v) is 5.71. The summed E-state index contributed by atoms with van der Waals surface area (Å²) >= 11 is 1.54. The quantitative estimate of drug-likeness (QED) is 0.435. The van der Waals surface area contributed by atoms with Crippen LogP contribution in [-0.4, -0.2) is 35.2 Å². The highest BCUT2D eigenvalue weighted by Gasteiger charge is 2.12. The fourth-order valence-corrected chi connectivity index (χ4v) is 3.22. The van der Waals surface area contributed by atoms with Crippen molar-refractivity contribution in [3.05, 3.63) is 48.3 Å². The Morgan fingerprint density at radius 2 is 2.04 bits per heavy atom. The van der Waals surface area contributed by atoms with Crippen molar-refractivity contribution in [2.24, 2.45) is 0 Å². The van der Waals surface area contributed by atoms with Crippen LogP contribution in [-0.2, 0) is 5.75 Å². The summed E-state index contributed by atoms with van der Waals surface area (Å²) in [6, 6.07) is 9.98. The molecule has 0 bridgehead atoms. The van der Waals surface area contributed by atoms with E-state index in [0.29, 0.717) is 21.9 Å². The molecule has 1 aromatic carbocycles. The number of fused-ring (bicyclic) bond motifs is 1. The zero-order chi connectivity index (χ0) is 15.6. The number of anilines is 1. The SMILES string of the molecule is Nc1nc(SCc2ccccc2-n2cccn2)c2n[nH]nc2n1. The number of thioether (sulfide) groups is 1.